The maximum Gasteiger partial charge on any atom is 0.302 e. The number of benzene rings is 2. The lowest BCUT2D eigenvalue weighted by Crippen LogP contribution is -2.32. The second-order valence-electron chi connectivity index (χ2n) is 4.67. The van der Waals surface area contributed by atoms with E-state index in [1.165, 1.54) is 11.9 Å². The SMILES string of the molecule is Cc1c(C(=O)NNSc2ccccc2)oc2ccc(Cl)cc12. The van der Waals surface area contributed by atoms with Crippen LogP contribution in [0.15, 0.2) is 57.8 Å². The molecule has 0 unspecified atom stereocenters. The third-order valence-corrected chi connectivity index (χ3v) is 4.13. The van der Waals surface area contributed by atoms with Crippen molar-refractivity contribution in [2.45, 2.75) is 11.8 Å². The van der Waals surface area contributed by atoms with Gasteiger partial charge in [-0.05, 0) is 49.2 Å². The Labute approximate surface area is 136 Å². The molecule has 0 saturated heterocycles. The summed E-state index contributed by atoms with van der Waals surface area (Å²) in [5.41, 5.74) is 4.02. The molecule has 1 aromatic heterocycles. The molecule has 2 N–H and O–H groups in total. The average Bonchev–Trinajstić information content (AvgIpc) is 2.85. The van der Waals surface area contributed by atoms with Crippen molar-refractivity contribution in [1.82, 2.24) is 10.3 Å². The van der Waals surface area contributed by atoms with E-state index in [9.17, 15) is 4.79 Å². The fourth-order valence-corrected chi connectivity index (χ4v) is 2.81. The third kappa shape index (κ3) is 3.11. The van der Waals surface area contributed by atoms with Crippen LogP contribution < -0.4 is 10.3 Å². The van der Waals surface area contributed by atoms with Crippen molar-refractivity contribution in [2.75, 3.05) is 0 Å². The van der Waals surface area contributed by atoms with E-state index in [0.29, 0.717) is 10.6 Å². The Morgan fingerprint density at radius 1 is 1.18 bits per heavy atom. The lowest BCUT2D eigenvalue weighted by molar-refractivity contribution is 0.0920. The van der Waals surface area contributed by atoms with Gasteiger partial charge in [0.1, 0.15) is 5.58 Å². The number of hydrazine groups is 1. The number of nitrogens with one attached hydrogen (secondary N) is 2. The normalized spacial score (nSPS) is 10.8. The molecule has 0 aliphatic carbocycles. The number of halogens is 1. The molecule has 3 rings (SSSR count). The van der Waals surface area contributed by atoms with Crippen molar-refractivity contribution in [3.05, 3.63) is 64.9 Å². The molecule has 0 aliphatic heterocycles. The van der Waals surface area contributed by atoms with Crippen LogP contribution in [0, 0.1) is 6.92 Å². The van der Waals surface area contributed by atoms with Crippen LogP contribution in [0.5, 0.6) is 0 Å². The Balaban J connectivity index is 1.71. The number of fused-ring (bicyclic) bond motifs is 1. The van der Waals surface area contributed by atoms with Crippen LogP contribution in [0.25, 0.3) is 11.0 Å². The Morgan fingerprint density at radius 2 is 1.95 bits per heavy atom. The van der Waals surface area contributed by atoms with Crippen molar-refractivity contribution in [3.8, 4) is 0 Å². The highest BCUT2D eigenvalue weighted by Gasteiger charge is 2.17. The summed E-state index contributed by atoms with van der Waals surface area (Å²) in [5.74, 6) is -0.0494. The molecule has 0 fully saturated rings. The molecule has 2 aromatic carbocycles. The van der Waals surface area contributed by atoms with E-state index in [1.54, 1.807) is 18.2 Å². The maximum absolute atomic E-state index is 12.2. The summed E-state index contributed by atoms with van der Waals surface area (Å²) in [6.45, 7) is 1.83. The van der Waals surface area contributed by atoms with Crippen molar-refractivity contribution < 1.29 is 9.21 Å². The number of hydrogen-bond donors (Lipinski definition) is 2. The Kier molecular flexibility index (Phi) is 4.38. The first kappa shape index (κ1) is 15.0. The molecule has 0 atom stereocenters. The van der Waals surface area contributed by atoms with Gasteiger partial charge in [-0.2, -0.15) is 4.83 Å². The predicted octanol–water partition coefficient (Wildman–Crippen LogP) is 4.34. The molecule has 0 radical (unpaired) electrons. The largest absolute Gasteiger partial charge is 0.451 e. The predicted molar refractivity (Wildman–Crippen MR) is 88.9 cm³/mol. The molecule has 6 heteroatoms. The van der Waals surface area contributed by atoms with E-state index in [1.807, 2.05) is 37.3 Å². The van der Waals surface area contributed by atoms with Crippen molar-refractivity contribution in [2.24, 2.45) is 0 Å². The number of hydrogen-bond acceptors (Lipinski definition) is 4. The highest BCUT2D eigenvalue weighted by atomic mass is 35.5. The zero-order valence-electron chi connectivity index (χ0n) is 11.7. The zero-order valence-corrected chi connectivity index (χ0v) is 13.3. The van der Waals surface area contributed by atoms with Gasteiger partial charge in [-0.25, -0.2) is 0 Å². The van der Waals surface area contributed by atoms with Gasteiger partial charge in [0.15, 0.2) is 5.76 Å². The number of furan rings is 1. The summed E-state index contributed by atoms with van der Waals surface area (Å²) in [6, 6.07) is 15.0. The standard InChI is InChI=1S/C16H13ClN2O2S/c1-10-13-9-11(17)7-8-14(13)21-15(10)16(20)18-19-22-12-5-3-2-4-6-12/h2-9,19H,1H3,(H,18,20). The molecule has 0 spiro atoms. The van der Waals surface area contributed by atoms with Crippen LogP contribution in [0.3, 0.4) is 0 Å². The van der Waals surface area contributed by atoms with E-state index in [4.69, 9.17) is 16.0 Å². The van der Waals surface area contributed by atoms with Crippen LogP contribution >= 0.6 is 23.5 Å². The minimum atomic E-state index is -0.326. The molecule has 4 nitrogen and oxygen atoms in total. The monoisotopic (exact) mass is 332 g/mol. The molecule has 0 aliphatic rings. The van der Waals surface area contributed by atoms with Crippen LogP contribution in [-0.2, 0) is 0 Å². The van der Waals surface area contributed by atoms with Gasteiger partial charge >= 0.3 is 5.91 Å². The number of amides is 1. The topological polar surface area (TPSA) is 54.3 Å². The van der Waals surface area contributed by atoms with Gasteiger partial charge in [0, 0.05) is 20.9 Å². The summed E-state index contributed by atoms with van der Waals surface area (Å²) in [4.78, 5) is 16.0. The van der Waals surface area contributed by atoms with E-state index in [-0.39, 0.29) is 11.7 Å². The van der Waals surface area contributed by atoms with Gasteiger partial charge in [0.2, 0.25) is 0 Å². The van der Waals surface area contributed by atoms with Crippen molar-refractivity contribution in [1.29, 1.82) is 0 Å². The van der Waals surface area contributed by atoms with Crippen LogP contribution in [0.4, 0.5) is 0 Å². The number of carbonyl (C=O) groups is 1. The lowest BCUT2D eigenvalue weighted by atomic mass is 10.1. The van der Waals surface area contributed by atoms with Gasteiger partial charge in [-0.1, -0.05) is 29.8 Å². The summed E-state index contributed by atoms with van der Waals surface area (Å²) in [7, 11) is 0. The molecule has 1 heterocycles. The second-order valence-corrected chi connectivity index (χ2v) is 5.98. The van der Waals surface area contributed by atoms with E-state index < -0.39 is 0 Å². The van der Waals surface area contributed by atoms with Crippen LogP contribution in [0.2, 0.25) is 5.02 Å². The van der Waals surface area contributed by atoms with Gasteiger partial charge in [-0.3, -0.25) is 10.2 Å². The highest BCUT2D eigenvalue weighted by molar-refractivity contribution is 7.97. The average molecular weight is 333 g/mol. The van der Waals surface area contributed by atoms with Gasteiger partial charge in [0.25, 0.3) is 0 Å². The Bertz CT molecular complexity index is 818. The first-order valence-corrected chi connectivity index (χ1v) is 7.80. The summed E-state index contributed by atoms with van der Waals surface area (Å²) >= 11 is 7.29. The number of rotatable bonds is 4. The molecule has 112 valence electrons. The Morgan fingerprint density at radius 3 is 2.73 bits per heavy atom. The fraction of sp³-hybridized carbons (Fsp3) is 0.0625. The highest BCUT2D eigenvalue weighted by Crippen LogP contribution is 2.27. The Hall–Kier alpha value is -1.95. The quantitative estimate of drug-likeness (QED) is 0.551. The molecule has 22 heavy (non-hydrogen) atoms. The van der Waals surface area contributed by atoms with Crippen LogP contribution in [0.1, 0.15) is 16.1 Å². The van der Waals surface area contributed by atoms with Gasteiger partial charge < -0.3 is 4.42 Å². The first-order chi connectivity index (χ1) is 10.6. The molecule has 0 bridgehead atoms. The molecule has 3 aromatic rings. The number of aryl methyl sites for hydroxylation is 1. The number of carbonyl (C=O) groups excluding carboxylic acids is 1. The fourth-order valence-electron chi connectivity index (χ4n) is 2.09. The van der Waals surface area contributed by atoms with E-state index >= 15 is 0 Å². The third-order valence-electron chi connectivity index (χ3n) is 3.18. The van der Waals surface area contributed by atoms with Gasteiger partial charge in [-0.15, -0.1) is 0 Å². The van der Waals surface area contributed by atoms with E-state index in [0.717, 1.165) is 15.8 Å². The molecular formula is C16H13ClN2O2S. The second kappa shape index (κ2) is 6.44. The molecular weight excluding hydrogens is 320 g/mol. The first-order valence-electron chi connectivity index (χ1n) is 6.61. The molecule has 0 saturated carbocycles. The molecule has 1 amide bonds. The lowest BCUT2D eigenvalue weighted by Gasteiger charge is -2.05. The summed E-state index contributed by atoms with van der Waals surface area (Å²) < 4.78 is 5.60. The maximum atomic E-state index is 12.2. The smallest absolute Gasteiger partial charge is 0.302 e. The van der Waals surface area contributed by atoms with Crippen molar-refractivity contribution in [3.63, 3.8) is 0 Å². The summed E-state index contributed by atoms with van der Waals surface area (Å²) in [6.07, 6.45) is 0. The van der Waals surface area contributed by atoms with E-state index in [2.05, 4.69) is 10.3 Å². The minimum Gasteiger partial charge on any atom is -0.451 e. The minimum absolute atomic E-state index is 0.276. The van der Waals surface area contributed by atoms with Crippen LogP contribution in [-0.4, -0.2) is 5.91 Å². The van der Waals surface area contributed by atoms with Gasteiger partial charge in [0.05, 0.1) is 0 Å². The summed E-state index contributed by atoms with van der Waals surface area (Å²) in [5, 5.41) is 1.45. The zero-order chi connectivity index (χ0) is 15.5. The van der Waals surface area contributed by atoms with Crippen molar-refractivity contribution >= 4 is 40.4 Å².